The number of nitrogens with zero attached hydrogens (tertiary/aromatic N) is 1. The van der Waals surface area contributed by atoms with Gasteiger partial charge in [0.15, 0.2) is 0 Å². The smallest absolute Gasteiger partial charge is 0.314 e. The van der Waals surface area contributed by atoms with Crippen molar-refractivity contribution in [1.82, 2.24) is 4.90 Å². The maximum atomic E-state index is 10.4. The highest BCUT2D eigenvalue weighted by Gasteiger charge is 1.98. The largest absolute Gasteiger partial charge is 0.351 e. The highest BCUT2D eigenvalue weighted by atomic mass is 35.5. The first kappa shape index (κ1) is 12.3. The Hall–Kier alpha value is -0.440. The van der Waals surface area contributed by atoms with Crippen LogP contribution in [0.3, 0.4) is 0 Å². The molecule has 0 fully saturated rings. The standard InChI is InChI=1S/C6H14N2O.ClH/c1-3-4-5-8(2)6(7)9;/h3-5H2,1-2H3,(H2,7,9);1H. The molecule has 0 saturated carbocycles. The van der Waals surface area contributed by atoms with Gasteiger partial charge in [-0.05, 0) is 6.42 Å². The van der Waals surface area contributed by atoms with Gasteiger partial charge in [0.25, 0.3) is 0 Å². The van der Waals surface area contributed by atoms with Gasteiger partial charge in [-0.15, -0.1) is 12.4 Å². The maximum absolute atomic E-state index is 10.4. The monoisotopic (exact) mass is 166 g/mol. The lowest BCUT2D eigenvalue weighted by molar-refractivity contribution is 0.218. The second-order valence-corrected chi connectivity index (χ2v) is 2.11. The second-order valence-electron chi connectivity index (χ2n) is 2.11. The number of halogens is 1. The molecular weight excluding hydrogens is 152 g/mol. The van der Waals surface area contributed by atoms with Crippen LogP contribution >= 0.6 is 12.4 Å². The number of urea groups is 1. The summed E-state index contributed by atoms with van der Waals surface area (Å²) in [5.74, 6) is 0. The predicted octanol–water partition coefficient (Wildman–Crippen LogP) is 1.22. The summed E-state index contributed by atoms with van der Waals surface area (Å²) in [5, 5.41) is 0. The van der Waals surface area contributed by atoms with Gasteiger partial charge < -0.3 is 10.6 Å². The first-order valence-corrected chi connectivity index (χ1v) is 3.19. The van der Waals surface area contributed by atoms with Crippen molar-refractivity contribution in [3.8, 4) is 0 Å². The van der Waals surface area contributed by atoms with Crippen LogP contribution in [0.25, 0.3) is 0 Å². The molecule has 0 aliphatic carbocycles. The first-order valence-electron chi connectivity index (χ1n) is 3.19. The number of hydrogen-bond donors (Lipinski definition) is 1. The molecule has 0 heterocycles. The fourth-order valence-corrected chi connectivity index (χ4v) is 0.505. The Labute approximate surface area is 68.0 Å². The molecule has 0 aromatic carbocycles. The van der Waals surface area contributed by atoms with E-state index in [2.05, 4.69) is 6.92 Å². The third-order valence-electron chi connectivity index (χ3n) is 1.22. The van der Waals surface area contributed by atoms with Crippen LogP contribution in [0, 0.1) is 0 Å². The van der Waals surface area contributed by atoms with Gasteiger partial charge in [0.2, 0.25) is 0 Å². The lowest BCUT2D eigenvalue weighted by Gasteiger charge is -2.12. The van der Waals surface area contributed by atoms with Gasteiger partial charge in [0.1, 0.15) is 0 Å². The van der Waals surface area contributed by atoms with E-state index < -0.39 is 0 Å². The molecule has 0 aromatic heterocycles. The van der Waals surface area contributed by atoms with Gasteiger partial charge in [-0.25, -0.2) is 4.79 Å². The fourth-order valence-electron chi connectivity index (χ4n) is 0.505. The molecule has 10 heavy (non-hydrogen) atoms. The zero-order valence-corrected chi connectivity index (χ0v) is 7.28. The molecule has 62 valence electrons. The average Bonchev–Trinajstić information content (AvgIpc) is 1.82. The van der Waals surface area contributed by atoms with E-state index in [1.165, 1.54) is 4.90 Å². The van der Waals surface area contributed by atoms with Gasteiger partial charge in [0.05, 0.1) is 0 Å². The Morgan fingerprint density at radius 2 is 2.10 bits per heavy atom. The molecule has 2 N–H and O–H groups in total. The van der Waals surface area contributed by atoms with Crippen molar-refractivity contribution in [1.29, 1.82) is 0 Å². The van der Waals surface area contributed by atoms with Crippen molar-refractivity contribution >= 4 is 18.4 Å². The van der Waals surface area contributed by atoms with Crippen LogP contribution in [0.5, 0.6) is 0 Å². The van der Waals surface area contributed by atoms with E-state index in [1.54, 1.807) is 7.05 Å². The fraction of sp³-hybridized carbons (Fsp3) is 0.833. The second kappa shape index (κ2) is 6.68. The Balaban J connectivity index is 0. The number of unbranched alkanes of at least 4 members (excludes halogenated alkanes) is 1. The Morgan fingerprint density at radius 3 is 2.40 bits per heavy atom. The Kier molecular flexibility index (Phi) is 8.18. The topological polar surface area (TPSA) is 46.3 Å². The van der Waals surface area contributed by atoms with Crippen molar-refractivity contribution in [3.63, 3.8) is 0 Å². The molecule has 0 aliphatic rings. The third kappa shape index (κ3) is 5.69. The molecule has 0 radical (unpaired) electrons. The van der Waals surface area contributed by atoms with E-state index in [1.807, 2.05) is 0 Å². The number of nitrogens with two attached hydrogens (primary N) is 1. The SMILES string of the molecule is CCCCN(C)C(N)=O.Cl. The number of primary amides is 1. The molecule has 0 spiro atoms. The molecule has 0 unspecified atom stereocenters. The van der Waals surface area contributed by atoms with Gasteiger partial charge in [0, 0.05) is 13.6 Å². The minimum Gasteiger partial charge on any atom is -0.351 e. The minimum atomic E-state index is -0.344. The van der Waals surface area contributed by atoms with Crippen LogP contribution < -0.4 is 5.73 Å². The van der Waals surface area contributed by atoms with E-state index in [0.29, 0.717) is 0 Å². The molecule has 3 nitrogen and oxygen atoms in total. The number of hydrogen-bond acceptors (Lipinski definition) is 1. The van der Waals surface area contributed by atoms with Crippen LogP contribution in [0.1, 0.15) is 19.8 Å². The molecule has 0 aromatic rings. The summed E-state index contributed by atoms with van der Waals surface area (Å²) < 4.78 is 0. The molecule has 0 rings (SSSR count). The maximum Gasteiger partial charge on any atom is 0.314 e. The Bertz CT molecular complexity index is 97.7. The lowest BCUT2D eigenvalue weighted by atomic mass is 10.3. The first-order chi connectivity index (χ1) is 4.18. The van der Waals surface area contributed by atoms with Crippen molar-refractivity contribution in [2.45, 2.75) is 19.8 Å². The predicted molar refractivity (Wildman–Crippen MR) is 44.4 cm³/mol. The molecule has 0 bridgehead atoms. The van der Waals surface area contributed by atoms with Crippen molar-refractivity contribution < 1.29 is 4.79 Å². The van der Waals surface area contributed by atoms with Crippen molar-refractivity contribution in [2.24, 2.45) is 5.73 Å². The summed E-state index contributed by atoms with van der Waals surface area (Å²) in [6.45, 7) is 2.85. The minimum absolute atomic E-state index is 0. The Morgan fingerprint density at radius 1 is 1.60 bits per heavy atom. The van der Waals surface area contributed by atoms with E-state index in [0.717, 1.165) is 19.4 Å². The van der Waals surface area contributed by atoms with Gasteiger partial charge in [-0.3, -0.25) is 0 Å². The zero-order chi connectivity index (χ0) is 7.28. The summed E-state index contributed by atoms with van der Waals surface area (Å²) >= 11 is 0. The van der Waals surface area contributed by atoms with Gasteiger partial charge in [-0.1, -0.05) is 13.3 Å². The number of carbonyl (C=O) groups is 1. The number of rotatable bonds is 3. The molecule has 0 aliphatic heterocycles. The van der Waals surface area contributed by atoms with Gasteiger partial charge in [-0.2, -0.15) is 0 Å². The highest BCUT2D eigenvalue weighted by Crippen LogP contribution is 1.89. The molecule has 2 amide bonds. The normalized spacial score (nSPS) is 8.20. The molecule has 0 saturated heterocycles. The highest BCUT2D eigenvalue weighted by molar-refractivity contribution is 5.85. The summed E-state index contributed by atoms with van der Waals surface area (Å²) in [6.07, 6.45) is 2.12. The summed E-state index contributed by atoms with van der Waals surface area (Å²) in [5.41, 5.74) is 4.96. The summed E-state index contributed by atoms with van der Waals surface area (Å²) in [7, 11) is 1.71. The molecule has 0 atom stereocenters. The summed E-state index contributed by atoms with van der Waals surface area (Å²) in [6, 6.07) is -0.344. The molecular formula is C6H15ClN2O. The molecule has 4 heteroatoms. The van der Waals surface area contributed by atoms with Gasteiger partial charge >= 0.3 is 6.03 Å². The average molecular weight is 167 g/mol. The zero-order valence-electron chi connectivity index (χ0n) is 6.46. The van der Waals surface area contributed by atoms with E-state index in [9.17, 15) is 4.79 Å². The number of carbonyl (C=O) groups excluding carboxylic acids is 1. The van der Waals surface area contributed by atoms with Crippen LogP contribution in [-0.4, -0.2) is 24.5 Å². The van der Waals surface area contributed by atoms with Crippen LogP contribution in [-0.2, 0) is 0 Å². The van der Waals surface area contributed by atoms with E-state index >= 15 is 0 Å². The van der Waals surface area contributed by atoms with E-state index in [-0.39, 0.29) is 18.4 Å². The quantitative estimate of drug-likeness (QED) is 0.674. The summed E-state index contributed by atoms with van der Waals surface area (Å²) in [4.78, 5) is 11.9. The van der Waals surface area contributed by atoms with Crippen molar-refractivity contribution in [3.05, 3.63) is 0 Å². The number of amides is 2. The van der Waals surface area contributed by atoms with E-state index in [4.69, 9.17) is 5.73 Å². The van der Waals surface area contributed by atoms with Crippen molar-refractivity contribution in [2.75, 3.05) is 13.6 Å². The lowest BCUT2D eigenvalue weighted by Crippen LogP contribution is -2.32. The third-order valence-corrected chi connectivity index (χ3v) is 1.22. The van der Waals surface area contributed by atoms with Crippen LogP contribution in [0.15, 0.2) is 0 Å². The van der Waals surface area contributed by atoms with Crippen LogP contribution in [0.2, 0.25) is 0 Å². The van der Waals surface area contributed by atoms with Crippen LogP contribution in [0.4, 0.5) is 4.79 Å².